The standard InChI is InChI=1S/C6H8N2O2S/c1-5-3-2-4-6(7-5)8-11(9)10/h2-4H,1H3,(H,7,8)(H,9,10). The third kappa shape index (κ3) is 2.65. The minimum Gasteiger partial charge on any atom is -0.289 e. The minimum atomic E-state index is -2.04. The fourth-order valence-corrected chi connectivity index (χ4v) is 0.982. The molecule has 0 bridgehead atoms. The quantitative estimate of drug-likeness (QED) is 0.652. The van der Waals surface area contributed by atoms with Crippen LogP contribution in [0.5, 0.6) is 0 Å². The van der Waals surface area contributed by atoms with Crippen molar-refractivity contribution in [3.05, 3.63) is 23.9 Å². The van der Waals surface area contributed by atoms with E-state index in [0.717, 1.165) is 5.69 Å². The Morgan fingerprint density at radius 2 is 2.36 bits per heavy atom. The van der Waals surface area contributed by atoms with E-state index in [2.05, 4.69) is 9.71 Å². The third-order valence-corrected chi connectivity index (χ3v) is 1.46. The van der Waals surface area contributed by atoms with Crippen LogP contribution in [0.4, 0.5) is 5.82 Å². The summed E-state index contributed by atoms with van der Waals surface area (Å²) in [4.78, 5) is 3.95. The van der Waals surface area contributed by atoms with Crippen molar-refractivity contribution in [2.75, 3.05) is 4.72 Å². The lowest BCUT2D eigenvalue weighted by molar-refractivity contribution is 0.570. The highest BCUT2D eigenvalue weighted by atomic mass is 32.2. The Bertz CT molecular complexity index is 277. The van der Waals surface area contributed by atoms with E-state index in [9.17, 15) is 4.21 Å². The first kappa shape index (κ1) is 8.16. The fourth-order valence-electron chi connectivity index (χ4n) is 0.689. The minimum absolute atomic E-state index is 0.408. The highest BCUT2D eigenvalue weighted by molar-refractivity contribution is 7.80. The number of aryl methyl sites for hydroxylation is 1. The van der Waals surface area contributed by atoms with Gasteiger partial charge >= 0.3 is 0 Å². The average Bonchev–Trinajstić information content (AvgIpc) is 1.85. The lowest BCUT2D eigenvalue weighted by Gasteiger charge is -1.99. The van der Waals surface area contributed by atoms with Crippen LogP contribution in [0.15, 0.2) is 18.2 Å². The first-order valence-electron chi connectivity index (χ1n) is 2.99. The Hall–Kier alpha value is -0.940. The zero-order valence-electron chi connectivity index (χ0n) is 5.94. The lowest BCUT2D eigenvalue weighted by Crippen LogP contribution is -2.03. The molecule has 1 heterocycles. The number of anilines is 1. The second-order valence-corrected chi connectivity index (χ2v) is 2.72. The van der Waals surface area contributed by atoms with Gasteiger partial charge in [0.05, 0.1) is 0 Å². The van der Waals surface area contributed by atoms with Crippen LogP contribution in [-0.4, -0.2) is 13.7 Å². The number of hydrogen-bond acceptors (Lipinski definition) is 2. The number of nitrogens with zero attached hydrogens (tertiary/aromatic N) is 1. The summed E-state index contributed by atoms with van der Waals surface area (Å²) < 4.78 is 20.9. The molecule has 0 aliphatic rings. The molecule has 5 heteroatoms. The van der Waals surface area contributed by atoms with Crippen molar-refractivity contribution in [1.29, 1.82) is 0 Å². The molecule has 60 valence electrons. The van der Waals surface area contributed by atoms with E-state index in [0.29, 0.717) is 5.82 Å². The molecule has 1 rings (SSSR count). The third-order valence-electron chi connectivity index (χ3n) is 1.08. The van der Waals surface area contributed by atoms with E-state index in [1.807, 2.05) is 13.0 Å². The maximum Gasteiger partial charge on any atom is 0.260 e. The van der Waals surface area contributed by atoms with Gasteiger partial charge < -0.3 is 0 Å². The summed E-state index contributed by atoms with van der Waals surface area (Å²) in [7, 11) is 0. The number of hydrogen-bond donors (Lipinski definition) is 2. The van der Waals surface area contributed by atoms with Crippen LogP contribution in [-0.2, 0) is 11.3 Å². The van der Waals surface area contributed by atoms with Crippen LogP contribution in [0.2, 0.25) is 0 Å². The molecular formula is C6H8N2O2S. The molecule has 1 aromatic heterocycles. The van der Waals surface area contributed by atoms with Crippen molar-refractivity contribution in [3.8, 4) is 0 Å². The lowest BCUT2D eigenvalue weighted by atomic mass is 10.4. The van der Waals surface area contributed by atoms with Gasteiger partial charge in [-0.1, -0.05) is 6.07 Å². The summed E-state index contributed by atoms with van der Waals surface area (Å²) in [5, 5.41) is 0. The Balaban J connectivity index is 2.79. The van der Waals surface area contributed by atoms with Crippen molar-refractivity contribution in [1.82, 2.24) is 4.98 Å². The number of pyridine rings is 1. The highest BCUT2D eigenvalue weighted by Crippen LogP contribution is 2.03. The van der Waals surface area contributed by atoms with Crippen molar-refractivity contribution < 1.29 is 8.76 Å². The Morgan fingerprint density at radius 3 is 2.91 bits per heavy atom. The molecule has 1 aromatic rings. The van der Waals surface area contributed by atoms with Crippen molar-refractivity contribution >= 4 is 17.1 Å². The molecule has 0 spiro atoms. The van der Waals surface area contributed by atoms with Gasteiger partial charge in [0.25, 0.3) is 11.3 Å². The molecule has 0 aliphatic carbocycles. The topological polar surface area (TPSA) is 62.2 Å². The smallest absolute Gasteiger partial charge is 0.260 e. The molecule has 11 heavy (non-hydrogen) atoms. The molecular weight excluding hydrogens is 164 g/mol. The number of aromatic nitrogens is 1. The second kappa shape index (κ2) is 3.45. The molecule has 0 amide bonds. The number of rotatable bonds is 2. The molecule has 1 atom stereocenters. The zero-order chi connectivity index (χ0) is 8.27. The Morgan fingerprint density at radius 1 is 1.64 bits per heavy atom. The van der Waals surface area contributed by atoms with Crippen LogP contribution in [0, 0.1) is 6.92 Å². The van der Waals surface area contributed by atoms with Gasteiger partial charge in [0.2, 0.25) is 0 Å². The second-order valence-electron chi connectivity index (χ2n) is 2.02. The van der Waals surface area contributed by atoms with E-state index in [4.69, 9.17) is 4.55 Å². The summed E-state index contributed by atoms with van der Waals surface area (Å²) in [6, 6.07) is 5.20. The summed E-state index contributed by atoms with van der Waals surface area (Å²) in [6.07, 6.45) is 0. The predicted molar refractivity (Wildman–Crippen MR) is 43.4 cm³/mol. The monoisotopic (exact) mass is 172 g/mol. The normalized spacial score (nSPS) is 12.5. The van der Waals surface area contributed by atoms with Crippen molar-refractivity contribution in [2.45, 2.75) is 6.92 Å². The van der Waals surface area contributed by atoms with E-state index in [1.165, 1.54) is 0 Å². The average molecular weight is 172 g/mol. The van der Waals surface area contributed by atoms with Gasteiger partial charge in [-0.15, -0.1) is 0 Å². The molecule has 4 nitrogen and oxygen atoms in total. The molecule has 0 saturated carbocycles. The largest absolute Gasteiger partial charge is 0.289 e. The SMILES string of the molecule is Cc1cccc(NS(=O)O)n1. The Labute approximate surface area is 67.1 Å². The van der Waals surface area contributed by atoms with Crippen LogP contribution >= 0.6 is 0 Å². The predicted octanol–water partition coefficient (Wildman–Crippen LogP) is 0.939. The molecule has 1 unspecified atom stereocenters. The first-order valence-corrected chi connectivity index (χ1v) is 4.10. The van der Waals surface area contributed by atoms with Crippen LogP contribution in [0.25, 0.3) is 0 Å². The van der Waals surface area contributed by atoms with E-state index in [-0.39, 0.29) is 0 Å². The summed E-state index contributed by atoms with van der Waals surface area (Å²) in [5.41, 5.74) is 0.806. The van der Waals surface area contributed by atoms with Crippen LogP contribution in [0.3, 0.4) is 0 Å². The molecule has 0 radical (unpaired) electrons. The number of nitrogens with one attached hydrogen (secondary N) is 1. The zero-order valence-corrected chi connectivity index (χ0v) is 6.76. The summed E-state index contributed by atoms with van der Waals surface area (Å²) in [5.74, 6) is 0.408. The van der Waals surface area contributed by atoms with Crippen molar-refractivity contribution in [2.24, 2.45) is 0 Å². The van der Waals surface area contributed by atoms with Gasteiger partial charge in [0.1, 0.15) is 5.82 Å². The maximum absolute atomic E-state index is 10.2. The maximum atomic E-state index is 10.2. The van der Waals surface area contributed by atoms with Gasteiger partial charge in [-0.05, 0) is 19.1 Å². The molecule has 0 fully saturated rings. The van der Waals surface area contributed by atoms with Crippen LogP contribution in [0.1, 0.15) is 5.69 Å². The summed E-state index contributed by atoms with van der Waals surface area (Å²) >= 11 is -2.04. The van der Waals surface area contributed by atoms with Gasteiger partial charge in [-0.3, -0.25) is 9.27 Å². The van der Waals surface area contributed by atoms with Crippen molar-refractivity contribution in [3.63, 3.8) is 0 Å². The van der Waals surface area contributed by atoms with Gasteiger partial charge in [0.15, 0.2) is 0 Å². The fraction of sp³-hybridized carbons (Fsp3) is 0.167. The van der Waals surface area contributed by atoms with E-state index >= 15 is 0 Å². The summed E-state index contributed by atoms with van der Waals surface area (Å²) in [6.45, 7) is 1.81. The highest BCUT2D eigenvalue weighted by Gasteiger charge is 1.95. The first-order chi connectivity index (χ1) is 5.18. The van der Waals surface area contributed by atoms with Gasteiger partial charge in [0, 0.05) is 5.69 Å². The molecule has 0 saturated heterocycles. The van der Waals surface area contributed by atoms with Crippen LogP contribution < -0.4 is 4.72 Å². The molecule has 0 aromatic carbocycles. The molecule has 2 N–H and O–H groups in total. The Kier molecular flexibility index (Phi) is 2.56. The molecule has 0 aliphatic heterocycles. The van der Waals surface area contributed by atoms with E-state index in [1.54, 1.807) is 12.1 Å². The van der Waals surface area contributed by atoms with Gasteiger partial charge in [-0.2, -0.15) is 0 Å². The van der Waals surface area contributed by atoms with E-state index < -0.39 is 11.3 Å². The van der Waals surface area contributed by atoms with Gasteiger partial charge in [-0.25, -0.2) is 9.19 Å².